The van der Waals surface area contributed by atoms with Gasteiger partial charge in [0.15, 0.2) is 18.2 Å². The SMILES string of the molecule is O=C(O)COc1cc(Cl)ccc1F. The summed E-state index contributed by atoms with van der Waals surface area (Å²) in [5.41, 5.74) is 0. The number of ether oxygens (including phenoxy) is 1. The Balaban J connectivity index is 2.75. The summed E-state index contributed by atoms with van der Waals surface area (Å²) in [7, 11) is 0. The van der Waals surface area contributed by atoms with Crippen molar-refractivity contribution in [3.63, 3.8) is 0 Å². The van der Waals surface area contributed by atoms with E-state index in [-0.39, 0.29) is 5.75 Å². The quantitative estimate of drug-likeness (QED) is 0.819. The normalized spacial score (nSPS) is 9.69. The topological polar surface area (TPSA) is 46.5 Å². The van der Waals surface area contributed by atoms with Crippen LogP contribution in [0.25, 0.3) is 0 Å². The zero-order chi connectivity index (χ0) is 9.84. The molecule has 0 atom stereocenters. The molecule has 3 nitrogen and oxygen atoms in total. The van der Waals surface area contributed by atoms with Gasteiger partial charge in [-0.15, -0.1) is 0 Å². The number of rotatable bonds is 3. The van der Waals surface area contributed by atoms with Crippen LogP contribution in [0.4, 0.5) is 4.39 Å². The van der Waals surface area contributed by atoms with E-state index in [9.17, 15) is 9.18 Å². The lowest BCUT2D eigenvalue weighted by atomic mass is 10.3. The minimum atomic E-state index is -1.17. The van der Waals surface area contributed by atoms with Crippen LogP contribution in [0.1, 0.15) is 0 Å². The molecule has 0 heterocycles. The van der Waals surface area contributed by atoms with E-state index in [4.69, 9.17) is 16.7 Å². The lowest BCUT2D eigenvalue weighted by molar-refractivity contribution is -0.139. The van der Waals surface area contributed by atoms with Crippen molar-refractivity contribution in [2.24, 2.45) is 0 Å². The van der Waals surface area contributed by atoms with Gasteiger partial charge in [0, 0.05) is 11.1 Å². The molecule has 0 fully saturated rings. The molecule has 0 amide bonds. The summed E-state index contributed by atoms with van der Waals surface area (Å²) in [6, 6.07) is 3.68. The molecule has 0 unspecified atom stereocenters. The summed E-state index contributed by atoms with van der Waals surface area (Å²) < 4.78 is 17.5. The Morgan fingerprint density at radius 3 is 2.92 bits per heavy atom. The Hall–Kier alpha value is -1.29. The Morgan fingerprint density at radius 2 is 2.31 bits per heavy atom. The first-order valence-electron chi connectivity index (χ1n) is 3.39. The van der Waals surface area contributed by atoms with Crippen LogP contribution < -0.4 is 4.74 Å². The zero-order valence-electron chi connectivity index (χ0n) is 6.46. The van der Waals surface area contributed by atoms with Crippen molar-refractivity contribution < 1.29 is 19.0 Å². The molecule has 1 aromatic rings. The third kappa shape index (κ3) is 2.91. The van der Waals surface area contributed by atoms with E-state index in [0.717, 1.165) is 6.07 Å². The van der Waals surface area contributed by atoms with Crippen molar-refractivity contribution in [2.45, 2.75) is 0 Å². The maximum absolute atomic E-state index is 12.8. The van der Waals surface area contributed by atoms with E-state index in [2.05, 4.69) is 4.74 Å². The number of halogens is 2. The van der Waals surface area contributed by atoms with Crippen LogP contribution >= 0.6 is 11.6 Å². The van der Waals surface area contributed by atoms with Crippen LogP contribution in [0.5, 0.6) is 5.75 Å². The van der Waals surface area contributed by atoms with E-state index < -0.39 is 18.4 Å². The summed E-state index contributed by atoms with van der Waals surface area (Å²) in [4.78, 5) is 10.1. The highest BCUT2D eigenvalue weighted by molar-refractivity contribution is 6.30. The Bertz CT molecular complexity index is 327. The maximum Gasteiger partial charge on any atom is 0.341 e. The number of hydrogen-bond acceptors (Lipinski definition) is 2. The van der Waals surface area contributed by atoms with E-state index in [1.807, 2.05) is 0 Å². The molecular formula is C8H6ClFO3. The predicted octanol–water partition coefficient (Wildman–Crippen LogP) is 1.94. The molecule has 1 aromatic carbocycles. The van der Waals surface area contributed by atoms with Crippen LogP contribution in [0, 0.1) is 5.82 Å². The average molecular weight is 205 g/mol. The van der Waals surface area contributed by atoms with Gasteiger partial charge in [0.05, 0.1) is 0 Å². The fourth-order valence-corrected chi connectivity index (χ4v) is 0.889. The van der Waals surface area contributed by atoms with Gasteiger partial charge in [0.2, 0.25) is 0 Å². The minimum Gasteiger partial charge on any atom is -0.479 e. The molecule has 0 aliphatic heterocycles. The molecule has 0 aromatic heterocycles. The number of carboxylic acids is 1. The largest absolute Gasteiger partial charge is 0.479 e. The molecule has 0 spiro atoms. The monoisotopic (exact) mass is 204 g/mol. The Labute approximate surface area is 78.7 Å². The fraction of sp³-hybridized carbons (Fsp3) is 0.125. The van der Waals surface area contributed by atoms with Crippen molar-refractivity contribution in [3.8, 4) is 5.75 Å². The zero-order valence-corrected chi connectivity index (χ0v) is 7.21. The van der Waals surface area contributed by atoms with E-state index in [1.54, 1.807) is 0 Å². The number of aliphatic carboxylic acids is 1. The summed E-state index contributed by atoms with van der Waals surface area (Å²) >= 11 is 5.54. The fourth-order valence-electron chi connectivity index (χ4n) is 0.727. The third-order valence-corrected chi connectivity index (χ3v) is 1.48. The number of carbonyl (C=O) groups is 1. The third-order valence-electron chi connectivity index (χ3n) is 1.24. The number of carboxylic acid groups (broad SMARTS) is 1. The molecule has 13 heavy (non-hydrogen) atoms. The van der Waals surface area contributed by atoms with Crippen LogP contribution in [0.2, 0.25) is 5.02 Å². The second-order valence-electron chi connectivity index (χ2n) is 2.26. The van der Waals surface area contributed by atoms with Crippen molar-refractivity contribution in [1.82, 2.24) is 0 Å². The maximum atomic E-state index is 12.8. The summed E-state index contributed by atoms with van der Waals surface area (Å²) in [6.07, 6.45) is 0. The Kier molecular flexibility index (Phi) is 3.08. The molecule has 1 rings (SSSR count). The van der Waals surface area contributed by atoms with Gasteiger partial charge in [-0.25, -0.2) is 9.18 Å². The summed E-state index contributed by atoms with van der Waals surface area (Å²) in [5.74, 6) is -1.96. The first-order chi connectivity index (χ1) is 6.09. The van der Waals surface area contributed by atoms with E-state index in [1.165, 1.54) is 12.1 Å². The highest BCUT2D eigenvalue weighted by Gasteiger charge is 2.05. The number of benzene rings is 1. The molecule has 70 valence electrons. The highest BCUT2D eigenvalue weighted by Crippen LogP contribution is 2.21. The lowest BCUT2D eigenvalue weighted by Crippen LogP contribution is -2.10. The van der Waals surface area contributed by atoms with Crippen molar-refractivity contribution >= 4 is 17.6 Å². The van der Waals surface area contributed by atoms with Crippen LogP contribution in [-0.4, -0.2) is 17.7 Å². The lowest BCUT2D eigenvalue weighted by Gasteiger charge is -2.03. The predicted molar refractivity (Wildman–Crippen MR) is 44.5 cm³/mol. The van der Waals surface area contributed by atoms with Crippen LogP contribution in [0.15, 0.2) is 18.2 Å². The molecule has 0 bridgehead atoms. The molecule has 1 N–H and O–H groups in total. The Morgan fingerprint density at radius 1 is 1.62 bits per heavy atom. The van der Waals surface area contributed by atoms with Gasteiger partial charge in [-0.05, 0) is 12.1 Å². The van der Waals surface area contributed by atoms with E-state index in [0.29, 0.717) is 5.02 Å². The standard InChI is InChI=1S/C8H6ClFO3/c9-5-1-2-6(10)7(3-5)13-4-8(11)12/h1-3H,4H2,(H,11,12). The van der Waals surface area contributed by atoms with E-state index >= 15 is 0 Å². The van der Waals surface area contributed by atoms with Crippen molar-refractivity contribution in [3.05, 3.63) is 29.0 Å². The molecule has 0 aliphatic rings. The van der Waals surface area contributed by atoms with Crippen molar-refractivity contribution in [2.75, 3.05) is 6.61 Å². The first-order valence-corrected chi connectivity index (χ1v) is 3.77. The second-order valence-corrected chi connectivity index (χ2v) is 2.69. The number of hydrogen-bond donors (Lipinski definition) is 1. The molecule has 0 saturated heterocycles. The van der Waals surface area contributed by atoms with Gasteiger partial charge >= 0.3 is 5.97 Å². The molecule has 0 saturated carbocycles. The molecular weight excluding hydrogens is 199 g/mol. The summed E-state index contributed by atoms with van der Waals surface area (Å²) in [6.45, 7) is -0.586. The van der Waals surface area contributed by atoms with Crippen LogP contribution in [-0.2, 0) is 4.79 Å². The molecule has 0 radical (unpaired) electrons. The second kappa shape index (κ2) is 4.09. The van der Waals surface area contributed by atoms with Crippen molar-refractivity contribution in [1.29, 1.82) is 0 Å². The summed E-state index contributed by atoms with van der Waals surface area (Å²) in [5, 5.41) is 8.55. The first kappa shape index (κ1) is 9.80. The van der Waals surface area contributed by atoms with Gasteiger partial charge in [-0.3, -0.25) is 0 Å². The molecule has 5 heteroatoms. The highest BCUT2D eigenvalue weighted by atomic mass is 35.5. The van der Waals surface area contributed by atoms with Gasteiger partial charge in [-0.1, -0.05) is 11.6 Å². The molecule has 0 aliphatic carbocycles. The van der Waals surface area contributed by atoms with Gasteiger partial charge < -0.3 is 9.84 Å². The average Bonchev–Trinajstić information content (AvgIpc) is 2.06. The minimum absolute atomic E-state index is 0.157. The van der Waals surface area contributed by atoms with Gasteiger partial charge in [0.25, 0.3) is 0 Å². The van der Waals surface area contributed by atoms with Crippen LogP contribution in [0.3, 0.4) is 0 Å². The smallest absolute Gasteiger partial charge is 0.341 e. The van der Waals surface area contributed by atoms with Gasteiger partial charge in [-0.2, -0.15) is 0 Å². The van der Waals surface area contributed by atoms with Gasteiger partial charge in [0.1, 0.15) is 0 Å².